The summed E-state index contributed by atoms with van der Waals surface area (Å²) < 4.78 is 0. The van der Waals surface area contributed by atoms with Crippen LogP contribution in [0.5, 0.6) is 0 Å². The lowest BCUT2D eigenvalue weighted by Gasteiger charge is -2.15. The number of nitrogens with one attached hydrogen (secondary N) is 1. The first-order valence-corrected chi connectivity index (χ1v) is 10.3. The molecule has 7 nitrogen and oxygen atoms in total. The molecular weight excluding hydrogens is 394 g/mol. The Labute approximate surface area is 180 Å². The van der Waals surface area contributed by atoms with Gasteiger partial charge < -0.3 is 10.2 Å². The zero-order valence-electron chi connectivity index (χ0n) is 17.0. The first-order valence-electron chi connectivity index (χ1n) is 10.3. The number of imide groups is 1. The zero-order valence-corrected chi connectivity index (χ0v) is 17.0. The molecule has 7 heteroatoms. The van der Waals surface area contributed by atoms with Crippen LogP contribution in [-0.2, 0) is 25.7 Å². The van der Waals surface area contributed by atoms with Crippen LogP contribution in [-0.4, -0.2) is 35.1 Å². The molecule has 0 bridgehead atoms. The number of rotatable bonds is 6. The lowest BCUT2D eigenvalue weighted by Crippen LogP contribution is -2.28. The first kappa shape index (κ1) is 20.5. The molecule has 2 heterocycles. The lowest BCUT2D eigenvalue weighted by molar-refractivity contribution is -0.139. The molecule has 0 spiro atoms. The molecular formula is C24H23N3O4. The Morgan fingerprint density at radius 1 is 0.871 bits per heavy atom. The van der Waals surface area contributed by atoms with Gasteiger partial charge in [0, 0.05) is 43.3 Å². The average Bonchev–Trinajstić information content (AvgIpc) is 3.34. The van der Waals surface area contributed by atoms with Crippen LogP contribution in [0.2, 0.25) is 0 Å². The van der Waals surface area contributed by atoms with Crippen molar-refractivity contribution in [2.45, 2.75) is 32.2 Å². The van der Waals surface area contributed by atoms with Gasteiger partial charge in [-0.25, -0.2) is 0 Å². The van der Waals surface area contributed by atoms with Gasteiger partial charge in [0.2, 0.25) is 23.6 Å². The minimum Gasteiger partial charge on any atom is -0.323 e. The maximum absolute atomic E-state index is 12.2. The zero-order chi connectivity index (χ0) is 21.8. The van der Waals surface area contributed by atoms with E-state index in [0.29, 0.717) is 12.1 Å². The predicted octanol–water partition coefficient (Wildman–Crippen LogP) is 3.11. The Kier molecular flexibility index (Phi) is 5.93. The Hall–Kier alpha value is -3.74. The predicted molar refractivity (Wildman–Crippen MR) is 117 cm³/mol. The Bertz CT molecular complexity index is 1030. The van der Waals surface area contributed by atoms with Crippen LogP contribution in [0.1, 0.15) is 36.8 Å². The average molecular weight is 417 g/mol. The highest BCUT2D eigenvalue weighted by molar-refractivity contribution is 6.02. The molecule has 0 unspecified atom stereocenters. The van der Waals surface area contributed by atoms with E-state index in [-0.39, 0.29) is 43.0 Å². The maximum atomic E-state index is 12.2. The van der Waals surface area contributed by atoms with E-state index >= 15 is 0 Å². The van der Waals surface area contributed by atoms with Crippen LogP contribution in [0, 0.1) is 0 Å². The summed E-state index contributed by atoms with van der Waals surface area (Å²) in [6.45, 7) is 1.00. The summed E-state index contributed by atoms with van der Waals surface area (Å²) in [6.07, 6.45) is 5.19. The molecule has 2 aromatic carbocycles. The van der Waals surface area contributed by atoms with E-state index < -0.39 is 0 Å². The smallest absolute Gasteiger partial charge is 0.248 e. The first-order chi connectivity index (χ1) is 15.0. The van der Waals surface area contributed by atoms with E-state index in [1.807, 2.05) is 24.3 Å². The topological polar surface area (TPSA) is 86.8 Å². The summed E-state index contributed by atoms with van der Waals surface area (Å²) in [7, 11) is 0. The van der Waals surface area contributed by atoms with E-state index in [1.165, 1.54) is 11.0 Å². The van der Waals surface area contributed by atoms with Crippen LogP contribution in [0.25, 0.3) is 6.08 Å². The van der Waals surface area contributed by atoms with Crippen LogP contribution >= 0.6 is 0 Å². The molecule has 2 fully saturated rings. The number of amides is 4. The minimum atomic E-state index is -0.267. The highest BCUT2D eigenvalue weighted by Gasteiger charge is 2.28. The Morgan fingerprint density at radius 2 is 1.55 bits per heavy atom. The molecule has 158 valence electrons. The number of hydrogen-bond donors (Lipinski definition) is 1. The number of anilines is 2. The van der Waals surface area contributed by atoms with Crippen molar-refractivity contribution < 1.29 is 19.2 Å². The second kappa shape index (κ2) is 8.95. The number of hydrogen-bond acceptors (Lipinski definition) is 4. The van der Waals surface area contributed by atoms with Gasteiger partial charge in [0.25, 0.3) is 0 Å². The van der Waals surface area contributed by atoms with Gasteiger partial charge in [0.05, 0.1) is 6.54 Å². The lowest BCUT2D eigenvalue weighted by atomic mass is 10.1. The molecule has 4 amide bonds. The van der Waals surface area contributed by atoms with Crippen molar-refractivity contribution in [2.24, 2.45) is 0 Å². The summed E-state index contributed by atoms with van der Waals surface area (Å²) in [5.41, 5.74) is 3.19. The highest BCUT2D eigenvalue weighted by Crippen LogP contribution is 2.22. The standard InChI is InChI=1S/C24H23N3O4/c28-21(12-7-17-5-10-20(11-6-17)26-15-1-2-22(26)29)25-19-8-3-18(4-9-19)16-27-23(30)13-14-24(27)31/h3-12H,1-2,13-16H2,(H,25,28)/b12-7+. The van der Waals surface area contributed by atoms with E-state index in [9.17, 15) is 19.2 Å². The molecule has 0 aromatic heterocycles. The molecule has 0 aliphatic carbocycles. The molecule has 4 rings (SSSR count). The van der Waals surface area contributed by atoms with E-state index in [1.54, 1.807) is 35.2 Å². The third kappa shape index (κ3) is 4.88. The van der Waals surface area contributed by atoms with Gasteiger partial charge in [-0.1, -0.05) is 24.3 Å². The van der Waals surface area contributed by atoms with Crippen LogP contribution in [0.3, 0.4) is 0 Å². The number of nitrogens with zero attached hydrogens (tertiary/aromatic N) is 2. The van der Waals surface area contributed by atoms with Gasteiger partial charge >= 0.3 is 0 Å². The summed E-state index contributed by atoms with van der Waals surface area (Å²) >= 11 is 0. The minimum absolute atomic E-state index is 0.146. The molecule has 1 N–H and O–H groups in total. The fourth-order valence-corrected chi connectivity index (χ4v) is 3.72. The third-order valence-corrected chi connectivity index (χ3v) is 5.42. The van der Waals surface area contributed by atoms with Gasteiger partial charge in [-0.2, -0.15) is 0 Å². The summed E-state index contributed by atoms with van der Waals surface area (Å²) in [6, 6.07) is 14.6. The molecule has 2 aliphatic heterocycles. The van der Waals surface area contributed by atoms with Crippen molar-refractivity contribution in [1.29, 1.82) is 0 Å². The fourth-order valence-electron chi connectivity index (χ4n) is 3.72. The molecule has 0 atom stereocenters. The van der Waals surface area contributed by atoms with Gasteiger partial charge in [-0.3, -0.25) is 24.1 Å². The number of carbonyl (C=O) groups excluding carboxylic acids is 4. The summed E-state index contributed by atoms with van der Waals surface area (Å²) in [5.74, 6) is -0.413. The molecule has 2 saturated heterocycles. The summed E-state index contributed by atoms with van der Waals surface area (Å²) in [5, 5.41) is 2.79. The molecule has 2 aliphatic rings. The molecule has 31 heavy (non-hydrogen) atoms. The SMILES string of the molecule is O=C(/C=C/c1ccc(N2CCCC2=O)cc1)Nc1ccc(CN2C(=O)CCC2=O)cc1. The quantitative estimate of drug-likeness (QED) is 0.578. The third-order valence-electron chi connectivity index (χ3n) is 5.42. The van der Waals surface area contributed by atoms with Crippen molar-refractivity contribution in [1.82, 2.24) is 4.90 Å². The normalized spacial score (nSPS) is 16.6. The second-order valence-electron chi connectivity index (χ2n) is 7.63. The van der Waals surface area contributed by atoms with E-state index in [2.05, 4.69) is 5.32 Å². The van der Waals surface area contributed by atoms with Crippen molar-refractivity contribution in [2.75, 3.05) is 16.8 Å². The van der Waals surface area contributed by atoms with Gasteiger partial charge in [0.15, 0.2) is 0 Å². The second-order valence-corrected chi connectivity index (χ2v) is 7.63. The van der Waals surface area contributed by atoms with E-state index in [4.69, 9.17) is 0 Å². The number of benzene rings is 2. The van der Waals surface area contributed by atoms with Crippen molar-refractivity contribution >= 4 is 41.1 Å². The molecule has 2 aromatic rings. The monoisotopic (exact) mass is 417 g/mol. The van der Waals surface area contributed by atoms with Crippen LogP contribution in [0.4, 0.5) is 11.4 Å². The fraction of sp³-hybridized carbons (Fsp3) is 0.250. The number of carbonyl (C=O) groups is 4. The van der Waals surface area contributed by atoms with Crippen molar-refractivity contribution in [3.8, 4) is 0 Å². The van der Waals surface area contributed by atoms with Gasteiger partial charge in [-0.05, 0) is 47.9 Å². The number of likely N-dealkylation sites (tertiary alicyclic amines) is 1. The largest absolute Gasteiger partial charge is 0.323 e. The maximum Gasteiger partial charge on any atom is 0.248 e. The van der Waals surface area contributed by atoms with Crippen LogP contribution < -0.4 is 10.2 Å². The van der Waals surface area contributed by atoms with Crippen molar-refractivity contribution in [3.05, 3.63) is 65.7 Å². The Morgan fingerprint density at radius 3 is 2.16 bits per heavy atom. The van der Waals surface area contributed by atoms with Gasteiger partial charge in [0.1, 0.15) is 0 Å². The van der Waals surface area contributed by atoms with Gasteiger partial charge in [-0.15, -0.1) is 0 Å². The summed E-state index contributed by atoms with van der Waals surface area (Å²) in [4.78, 5) is 50.5. The van der Waals surface area contributed by atoms with Crippen LogP contribution in [0.15, 0.2) is 54.6 Å². The van der Waals surface area contributed by atoms with E-state index in [0.717, 1.165) is 29.8 Å². The van der Waals surface area contributed by atoms with Crippen molar-refractivity contribution in [3.63, 3.8) is 0 Å². The Balaban J connectivity index is 1.31. The molecule has 0 radical (unpaired) electrons. The highest BCUT2D eigenvalue weighted by atomic mass is 16.2. The molecule has 0 saturated carbocycles.